The Balaban J connectivity index is 1.60. The van der Waals surface area contributed by atoms with Crippen molar-refractivity contribution in [2.75, 3.05) is 0 Å². The number of pyridine rings is 1. The SMILES string of the molecule is O=C(NC(c1ccccc1)c1ccc2ccccc2c1)c1cc(=O)[nH]c2cc(F)ccc12. The molecule has 1 aromatic heterocycles. The van der Waals surface area contributed by atoms with E-state index in [1.807, 2.05) is 66.7 Å². The molecular weight excluding hydrogens is 403 g/mol. The van der Waals surface area contributed by atoms with Crippen molar-refractivity contribution in [3.05, 3.63) is 130 Å². The average Bonchev–Trinajstić information content (AvgIpc) is 2.82. The van der Waals surface area contributed by atoms with Gasteiger partial charge in [0.25, 0.3) is 5.91 Å². The fourth-order valence-corrected chi connectivity index (χ4v) is 4.02. The molecule has 5 heteroatoms. The molecule has 1 atom stereocenters. The number of nitrogens with one attached hydrogen (secondary N) is 2. The van der Waals surface area contributed by atoms with Crippen molar-refractivity contribution in [3.8, 4) is 0 Å². The molecule has 5 rings (SSSR count). The zero-order valence-electron chi connectivity index (χ0n) is 17.0. The van der Waals surface area contributed by atoms with Crippen molar-refractivity contribution in [2.24, 2.45) is 0 Å². The van der Waals surface area contributed by atoms with E-state index in [9.17, 15) is 14.0 Å². The molecule has 0 radical (unpaired) electrons. The third-order valence-electron chi connectivity index (χ3n) is 5.56. The summed E-state index contributed by atoms with van der Waals surface area (Å²) in [5.41, 5.74) is 1.85. The van der Waals surface area contributed by atoms with Crippen LogP contribution < -0.4 is 10.9 Å². The molecule has 0 bridgehead atoms. The Morgan fingerprint density at radius 1 is 0.781 bits per heavy atom. The molecule has 0 saturated carbocycles. The van der Waals surface area contributed by atoms with Crippen LogP contribution in [-0.4, -0.2) is 10.9 Å². The van der Waals surface area contributed by atoms with E-state index >= 15 is 0 Å². The lowest BCUT2D eigenvalue weighted by Gasteiger charge is -2.21. The maximum absolute atomic E-state index is 13.7. The summed E-state index contributed by atoms with van der Waals surface area (Å²) in [5, 5.41) is 5.73. The van der Waals surface area contributed by atoms with Crippen LogP contribution in [0.4, 0.5) is 4.39 Å². The van der Waals surface area contributed by atoms with Gasteiger partial charge in [0.15, 0.2) is 0 Å². The van der Waals surface area contributed by atoms with E-state index in [0.717, 1.165) is 21.9 Å². The molecule has 4 aromatic carbocycles. The van der Waals surface area contributed by atoms with Crippen LogP contribution in [-0.2, 0) is 0 Å². The van der Waals surface area contributed by atoms with Crippen molar-refractivity contribution >= 4 is 27.6 Å². The van der Waals surface area contributed by atoms with Crippen LogP contribution in [0, 0.1) is 5.82 Å². The molecule has 1 heterocycles. The number of aromatic amines is 1. The summed E-state index contributed by atoms with van der Waals surface area (Å²) >= 11 is 0. The minimum atomic E-state index is -0.482. The van der Waals surface area contributed by atoms with Gasteiger partial charge in [0, 0.05) is 11.5 Å². The van der Waals surface area contributed by atoms with Crippen molar-refractivity contribution in [1.82, 2.24) is 10.3 Å². The van der Waals surface area contributed by atoms with Gasteiger partial charge in [0.05, 0.1) is 17.1 Å². The van der Waals surface area contributed by atoms with E-state index in [0.29, 0.717) is 5.39 Å². The van der Waals surface area contributed by atoms with Crippen LogP contribution in [0.15, 0.2) is 102 Å². The van der Waals surface area contributed by atoms with Crippen molar-refractivity contribution in [1.29, 1.82) is 0 Å². The molecule has 0 fully saturated rings. The van der Waals surface area contributed by atoms with E-state index in [-0.39, 0.29) is 11.1 Å². The quantitative estimate of drug-likeness (QED) is 0.411. The summed E-state index contributed by atoms with van der Waals surface area (Å²) in [6.45, 7) is 0. The van der Waals surface area contributed by atoms with Gasteiger partial charge in [-0.25, -0.2) is 4.39 Å². The molecule has 0 aliphatic carbocycles. The largest absolute Gasteiger partial charge is 0.341 e. The smallest absolute Gasteiger partial charge is 0.252 e. The Labute approximate surface area is 183 Å². The number of halogens is 1. The number of fused-ring (bicyclic) bond motifs is 2. The van der Waals surface area contributed by atoms with Gasteiger partial charge in [-0.15, -0.1) is 0 Å². The minimum Gasteiger partial charge on any atom is -0.341 e. The number of aromatic nitrogens is 1. The maximum Gasteiger partial charge on any atom is 0.252 e. The summed E-state index contributed by atoms with van der Waals surface area (Å²) in [4.78, 5) is 28.1. The highest BCUT2D eigenvalue weighted by atomic mass is 19.1. The van der Waals surface area contributed by atoms with E-state index in [4.69, 9.17) is 0 Å². The summed E-state index contributed by atoms with van der Waals surface area (Å²) in [6.07, 6.45) is 0. The highest BCUT2D eigenvalue weighted by Crippen LogP contribution is 2.27. The summed E-state index contributed by atoms with van der Waals surface area (Å²) in [5.74, 6) is -0.890. The van der Waals surface area contributed by atoms with Gasteiger partial charge in [-0.1, -0.05) is 66.7 Å². The topological polar surface area (TPSA) is 62.0 Å². The predicted octanol–water partition coefficient (Wildman–Crippen LogP) is 5.34. The second-order valence-electron chi connectivity index (χ2n) is 7.66. The van der Waals surface area contributed by atoms with Gasteiger partial charge in [-0.2, -0.15) is 0 Å². The van der Waals surface area contributed by atoms with E-state index in [2.05, 4.69) is 16.4 Å². The standard InChI is InChI=1S/C27H19FN2O2/c28-21-12-13-22-23(16-25(31)29-24(22)15-21)27(32)30-26(18-7-2-1-3-8-18)20-11-10-17-6-4-5-9-19(17)14-20/h1-16,26H,(H,29,31)(H,30,32). The first-order valence-corrected chi connectivity index (χ1v) is 10.3. The summed E-state index contributed by atoms with van der Waals surface area (Å²) in [6, 6.07) is 28.6. The van der Waals surface area contributed by atoms with Crippen LogP contribution in [0.1, 0.15) is 27.5 Å². The zero-order chi connectivity index (χ0) is 22.1. The molecule has 156 valence electrons. The molecule has 5 aromatic rings. The molecular formula is C27H19FN2O2. The van der Waals surface area contributed by atoms with Gasteiger partial charge in [-0.05, 0) is 46.2 Å². The number of amides is 1. The van der Waals surface area contributed by atoms with E-state index in [1.165, 1.54) is 24.3 Å². The lowest BCUT2D eigenvalue weighted by Crippen LogP contribution is -2.30. The van der Waals surface area contributed by atoms with Gasteiger partial charge in [0.2, 0.25) is 5.56 Å². The Morgan fingerprint density at radius 3 is 2.34 bits per heavy atom. The average molecular weight is 422 g/mol. The number of hydrogen-bond acceptors (Lipinski definition) is 2. The molecule has 0 aliphatic heterocycles. The Morgan fingerprint density at radius 2 is 1.53 bits per heavy atom. The Bertz CT molecular complexity index is 1510. The highest BCUT2D eigenvalue weighted by Gasteiger charge is 2.20. The van der Waals surface area contributed by atoms with Crippen LogP contribution in [0.25, 0.3) is 21.7 Å². The molecule has 32 heavy (non-hydrogen) atoms. The minimum absolute atomic E-state index is 0.200. The van der Waals surface area contributed by atoms with E-state index in [1.54, 1.807) is 0 Å². The molecule has 0 spiro atoms. The van der Waals surface area contributed by atoms with Crippen LogP contribution >= 0.6 is 0 Å². The van der Waals surface area contributed by atoms with Crippen molar-refractivity contribution in [3.63, 3.8) is 0 Å². The predicted molar refractivity (Wildman–Crippen MR) is 124 cm³/mol. The van der Waals surface area contributed by atoms with Gasteiger partial charge in [0.1, 0.15) is 5.82 Å². The third-order valence-corrected chi connectivity index (χ3v) is 5.56. The number of benzene rings is 4. The molecule has 2 N–H and O–H groups in total. The summed E-state index contributed by atoms with van der Waals surface area (Å²) < 4.78 is 13.7. The molecule has 1 amide bonds. The van der Waals surface area contributed by atoms with Crippen LogP contribution in [0.5, 0.6) is 0 Å². The molecule has 4 nitrogen and oxygen atoms in total. The monoisotopic (exact) mass is 422 g/mol. The highest BCUT2D eigenvalue weighted by molar-refractivity contribution is 6.06. The number of hydrogen-bond donors (Lipinski definition) is 2. The first kappa shape index (κ1) is 19.7. The second-order valence-corrected chi connectivity index (χ2v) is 7.66. The second kappa shape index (κ2) is 8.12. The van der Waals surface area contributed by atoms with Crippen LogP contribution in [0.2, 0.25) is 0 Å². The zero-order valence-corrected chi connectivity index (χ0v) is 17.0. The van der Waals surface area contributed by atoms with Gasteiger partial charge < -0.3 is 10.3 Å². The number of carbonyl (C=O) groups excluding carboxylic acids is 1. The van der Waals surface area contributed by atoms with Crippen LogP contribution in [0.3, 0.4) is 0 Å². The van der Waals surface area contributed by atoms with E-state index < -0.39 is 23.3 Å². The molecule has 0 aliphatic rings. The fourth-order valence-electron chi connectivity index (χ4n) is 4.02. The van der Waals surface area contributed by atoms with Gasteiger partial charge >= 0.3 is 0 Å². The maximum atomic E-state index is 13.7. The Kier molecular flexibility index (Phi) is 5.00. The number of carbonyl (C=O) groups is 1. The van der Waals surface area contributed by atoms with Gasteiger partial charge in [-0.3, -0.25) is 9.59 Å². The number of H-pyrrole nitrogens is 1. The fraction of sp³-hybridized carbons (Fsp3) is 0.0370. The Hall–Kier alpha value is -4.25. The first-order chi connectivity index (χ1) is 15.6. The first-order valence-electron chi connectivity index (χ1n) is 10.3. The van der Waals surface area contributed by atoms with Crippen molar-refractivity contribution in [2.45, 2.75) is 6.04 Å². The lowest BCUT2D eigenvalue weighted by atomic mass is 9.95. The number of rotatable bonds is 4. The molecule has 0 saturated heterocycles. The normalized spacial score (nSPS) is 12.0. The van der Waals surface area contributed by atoms with Crippen molar-refractivity contribution < 1.29 is 9.18 Å². The summed E-state index contributed by atoms with van der Waals surface area (Å²) in [7, 11) is 0. The lowest BCUT2D eigenvalue weighted by molar-refractivity contribution is 0.0944. The third kappa shape index (κ3) is 3.76. The molecule has 1 unspecified atom stereocenters.